The number of alkyl halides is 2. The third kappa shape index (κ3) is 4.09. The molecule has 0 heterocycles. The summed E-state index contributed by atoms with van der Waals surface area (Å²) in [7, 11) is 0. The zero-order chi connectivity index (χ0) is 15.2. The second-order valence-electron chi connectivity index (χ2n) is 4.46. The lowest BCUT2D eigenvalue weighted by Crippen LogP contribution is -2.14. The van der Waals surface area contributed by atoms with Crippen LogP contribution in [0.4, 0.5) is 14.5 Å². The van der Waals surface area contributed by atoms with Gasteiger partial charge in [0.05, 0.1) is 6.61 Å². The second-order valence-corrected chi connectivity index (χ2v) is 4.90. The van der Waals surface area contributed by atoms with Crippen molar-refractivity contribution in [3.05, 3.63) is 42.0 Å². The van der Waals surface area contributed by atoms with E-state index in [1.165, 1.54) is 0 Å². The Morgan fingerprint density at radius 1 is 1.19 bits per heavy atom. The predicted octanol–water partition coefficient (Wildman–Crippen LogP) is 3.17. The van der Waals surface area contributed by atoms with Crippen molar-refractivity contribution in [1.82, 2.24) is 0 Å². The van der Waals surface area contributed by atoms with E-state index in [4.69, 9.17) is 22.7 Å². The molecule has 0 unspecified atom stereocenters. The number of halogens is 2. The minimum absolute atomic E-state index is 0.218. The molecule has 0 aliphatic heterocycles. The van der Waals surface area contributed by atoms with Crippen molar-refractivity contribution in [3.8, 4) is 0 Å². The molecule has 2 aromatic carbocycles. The van der Waals surface area contributed by atoms with E-state index in [1.807, 2.05) is 36.4 Å². The zero-order valence-corrected chi connectivity index (χ0v) is 12.1. The number of hydrogen-bond acceptors (Lipinski definition) is 3. The summed E-state index contributed by atoms with van der Waals surface area (Å²) in [6, 6.07) is 11.5. The molecule has 0 fully saturated rings. The first-order chi connectivity index (χ1) is 10.1. The third-order valence-electron chi connectivity index (χ3n) is 3.00. The number of benzene rings is 2. The summed E-state index contributed by atoms with van der Waals surface area (Å²) in [6.45, 7) is 0.127. The van der Waals surface area contributed by atoms with Crippen LogP contribution in [0.15, 0.2) is 36.4 Å². The van der Waals surface area contributed by atoms with Gasteiger partial charge in [-0.1, -0.05) is 36.5 Å². The highest BCUT2D eigenvalue weighted by molar-refractivity contribution is 7.80. The molecule has 2 rings (SSSR count). The molecule has 0 saturated heterocycles. The van der Waals surface area contributed by atoms with Crippen LogP contribution in [0.2, 0.25) is 0 Å². The molecular formula is C15H16F2N2OS. The fraction of sp³-hybridized carbons (Fsp3) is 0.267. The quantitative estimate of drug-likeness (QED) is 0.609. The Bertz CT molecular complexity index is 634. The van der Waals surface area contributed by atoms with Crippen molar-refractivity contribution < 1.29 is 13.5 Å². The predicted molar refractivity (Wildman–Crippen MR) is 85.1 cm³/mol. The molecule has 0 atom stereocenters. The molecule has 6 heteroatoms. The second kappa shape index (κ2) is 7.28. The Morgan fingerprint density at radius 3 is 2.57 bits per heavy atom. The van der Waals surface area contributed by atoms with E-state index in [-0.39, 0.29) is 6.61 Å². The van der Waals surface area contributed by atoms with Crippen LogP contribution in [0.25, 0.3) is 10.8 Å². The molecule has 3 nitrogen and oxygen atoms in total. The average molecular weight is 310 g/mol. The van der Waals surface area contributed by atoms with E-state index in [1.54, 1.807) is 0 Å². The van der Waals surface area contributed by atoms with Gasteiger partial charge in [0.1, 0.15) is 11.6 Å². The summed E-state index contributed by atoms with van der Waals surface area (Å²) < 4.78 is 28.7. The molecule has 0 aliphatic carbocycles. The molecule has 0 bridgehead atoms. The van der Waals surface area contributed by atoms with Crippen molar-refractivity contribution >= 4 is 33.7 Å². The van der Waals surface area contributed by atoms with Gasteiger partial charge in [-0.15, -0.1) is 0 Å². The fourth-order valence-corrected chi connectivity index (χ4v) is 2.28. The lowest BCUT2D eigenvalue weighted by atomic mass is 10.0. The Kier molecular flexibility index (Phi) is 5.41. The number of anilines is 1. The first-order valence-electron chi connectivity index (χ1n) is 6.51. The highest BCUT2D eigenvalue weighted by Crippen LogP contribution is 2.26. The van der Waals surface area contributed by atoms with Gasteiger partial charge in [-0.2, -0.15) is 0 Å². The number of rotatable bonds is 7. The van der Waals surface area contributed by atoms with Crippen molar-refractivity contribution in [2.45, 2.75) is 6.43 Å². The van der Waals surface area contributed by atoms with E-state index in [9.17, 15) is 8.78 Å². The molecule has 0 spiro atoms. The Morgan fingerprint density at radius 2 is 1.90 bits per heavy atom. The maximum atomic E-state index is 11.9. The third-order valence-corrected chi connectivity index (χ3v) is 3.22. The van der Waals surface area contributed by atoms with E-state index in [2.05, 4.69) is 5.32 Å². The van der Waals surface area contributed by atoms with Crippen LogP contribution < -0.4 is 11.1 Å². The van der Waals surface area contributed by atoms with Crippen molar-refractivity contribution in [3.63, 3.8) is 0 Å². The van der Waals surface area contributed by atoms with Crippen molar-refractivity contribution in [2.75, 3.05) is 25.1 Å². The highest BCUT2D eigenvalue weighted by atomic mass is 32.1. The van der Waals surface area contributed by atoms with E-state index >= 15 is 0 Å². The molecular weight excluding hydrogens is 294 g/mol. The molecule has 3 N–H and O–H groups in total. The van der Waals surface area contributed by atoms with Crippen LogP contribution >= 0.6 is 12.2 Å². The minimum atomic E-state index is -2.43. The maximum Gasteiger partial charge on any atom is 0.261 e. The van der Waals surface area contributed by atoms with Gasteiger partial charge in [-0.25, -0.2) is 8.78 Å². The topological polar surface area (TPSA) is 47.3 Å². The van der Waals surface area contributed by atoms with E-state index < -0.39 is 13.0 Å². The zero-order valence-electron chi connectivity index (χ0n) is 11.3. The van der Waals surface area contributed by atoms with Gasteiger partial charge in [0.15, 0.2) is 0 Å². The standard InChI is InChI=1S/C15H16F2N2OS/c16-14(17)9-20-8-7-19-13-6-5-12(15(18)21)10-3-1-2-4-11(10)13/h1-6,14,19H,7-9H2,(H2,18,21). The van der Waals surface area contributed by atoms with Crippen LogP contribution in [-0.4, -0.2) is 31.2 Å². The SMILES string of the molecule is NC(=S)c1ccc(NCCOCC(F)F)c2ccccc12. The average Bonchev–Trinajstić information content (AvgIpc) is 2.46. The number of fused-ring (bicyclic) bond motifs is 1. The summed E-state index contributed by atoms with van der Waals surface area (Å²) >= 11 is 5.05. The van der Waals surface area contributed by atoms with Crippen LogP contribution in [0, 0.1) is 0 Å². The van der Waals surface area contributed by atoms with Crippen LogP contribution in [-0.2, 0) is 4.74 Å². The lowest BCUT2D eigenvalue weighted by Gasteiger charge is -2.12. The summed E-state index contributed by atoms with van der Waals surface area (Å²) in [5.74, 6) is 0. The summed E-state index contributed by atoms with van der Waals surface area (Å²) in [4.78, 5) is 0.345. The van der Waals surface area contributed by atoms with Gasteiger partial charge in [-0.05, 0) is 17.5 Å². The van der Waals surface area contributed by atoms with Crippen LogP contribution in [0.3, 0.4) is 0 Å². The fourth-order valence-electron chi connectivity index (χ4n) is 2.10. The van der Waals surface area contributed by atoms with Gasteiger partial charge in [0.25, 0.3) is 6.43 Å². The van der Waals surface area contributed by atoms with Gasteiger partial charge >= 0.3 is 0 Å². The summed E-state index contributed by atoms with van der Waals surface area (Å²) in [6.07, 6.45) is -2.43. The Balaban J connectivity index is 2.11. The maximum absolute atomic E-state index is 11.9. The molecule has 0 amide bonds. The molecule has 2 aromatic rings. The van der Waals surface area contributed by atoms with Gasteiger partial charge < -0.3 is 15.8 Å². The number of nitrogens with two attached hydrogens (primary N) is 1. The smallest absolute Gasteiger partial charge is 0.261 e. The normalized spacial score (nSPS) is 11.0. The Labute approximate surface area is 127 Å². The van der Waals surface area contributed by atoms with Gasteiger partial charge in [-0.3, -0.25) is 0 Å². The minimum Gasteiger partial charge on any atom is -0.389 e. The van der Waals surface area contributed by atoms with Crippen LogP contribution in [0.1, 0.15) is 5.56 Å². The van der Waals surface area contributed by atoms with Crippen LogP contribution in [0.5, 0.6) is 0 Å². The van der Waals surface area contributed by atoms with E-state index in [0.717, 1.165) is 22.0 Å². The molecule has 0 aromatic heterocycles. The molecule has 0 radical (unpaired) electrons. The number of ether oxygens (including phenoxy) is 1. The molecule has 112 valence electrons. The number of hydrogen-bond donors (Lipinski definition) is 2. The first kappa shape index (κ1) is 15.6. The van der Waals surface area contributed by atoms with Crippen molar-refractivity contribution in [1.29, 1.82) is 0 Å². The molecule has 0 aliphatic rings. The Hall–Kier alpha value is -1.79. The molecule has 0 saturated carbocycles. The van der Waals surface area contributed by atoms with Gasteiger partial charge in [0.2, 0.25) is 0 Å². The van der Waals surface area contributed by atoms with Gasteiger partial charge in [0, 0.05) is 23.2 Å². The van der Waals surface area contributed by atoms with E-state index in [0.29, 0.717) is 11.5 Å². The highest BCUT2D eigenvalue weighted by Gasteiger charge is 2.07. The lowest BCUT2D eigenvalue weighted by molar-refractivity contribution is 0.0215. The first-order valence-corrected chi connectivity index (χ1v) is 6.91. The largest absolute Gasteiger partial charge is 0.389 e. The monoisotopic (exact) mass is 310 g/mol. The number of nitrogens with one attached hydrogen (secondary N) is 1. The summed E-state index contributed by atoms with van der Waals surface area (Å²) in [5, 5.41) is 5.12. The summed E-state index contributed by atoms with van der Waals surface area (Å²) in [5.41, 5.74) is 7.43. The number of thiocarbonyl (C=S) groups is 1. The van der Waals surface area contributed by atoms with Crippen molar-refractivity contribution in [2.24, 2.45) is 5.73 Å². The molecule has 21 heavy (non-hydrogen) atoms.